The fourth-order valence-electron chi connectivity index (χ4n) is 4.91. The first-order valence-electron chi connectivity index (χ1n) is 13.8. The zero-order valence-corrected chi connectivity index (χ0v) is 25.3. The average molecular weight is 545 g/mol. The Balaban J connectivity index is 0.00000432. The van der Waals surface area contributed by atoms with Gasteiger partial charge < -0.3 is 20.4 Å². The molecule has 0 bridgehead atoms. The van der Waals surface area contributed by atoms with Gasteiger partial charge in [0, 0.05) is 22.3 Å². The van der Waals surface area contributed by atoms with Crippen molar-refractivity contribution in [2.75, 3.05) is 0 Å². The maximum Gasteiger partial charge on any atom is 2.00 e. The second-order valence-electron chi connectivity index (χ2n) is 9.77. The Labute approximate surface area is 239 Å². The number of unbranched alkanes of at least 4 members (excludes halogenated alkanes) is 4. The summed E-state index contributed by atoms with van der Waals surface area (Å²) < 4.78 is 1.51. The topological polar surface area (TPSA) is 25.3 Å². The molecule has 0 saturated carbocycles. The summed E-state index contributed by atoms with van der Waals surface area (Å²) in [6.45, 7) is 8.98. The summed E-state index contributed by atoms with van der Waals surface area (Å²) in [4.78, 5) is 0. The van der Waals surface area contributed by atoms with Gasteiger partial charge in [0.15, 0.2) is 0 Å². The molecular weight excluding hydrogens is 495 g/mol. The van der Waals surface area contributed by atoms with Crippen LogP contribution in [-0.2, 0) is 29.3 Å². The molecule has 0 N–H and O–H groups in total. The minimum Gasteiger partial charge on any atom is -0.493 e. The van der Waals surface area contributed by atoms with Gasteiger partial charge in [-0.1, -0.05) is 77.6 Å². The third-order valence-electron chi connectivity index (χ3n) is 7.01. The molecule has 0 spiro atoms. The van der Waals surface area contributed by atoms with E-state index in [0.29, 0.717) is 0 Å². The SMILES string of the molecule is CCCCC1=C(c2ccc(CCCC)cc2)[N+](=[N-])C(c2ccc(CCCC)cc2)=C1CCCC.[CH3-].[CH3-].[Ni+2]. The number of allylic oxidation sites excluding steroid dienone is 2. The zero-order chi connectivity index (χ0) is 24.3. The summed E-state index contributed by atoms with van der Waals surface area (Å²) in [6.07, 6.45) is 13.7. The van der Waals surface area contributed by atoms with Gasteiger partial charge in [-0.05, 0) is 86.8 Å². The molecule has 2 aromatic carbocycles. The Morgan fingerprint density at radius 2 is 0.811 bits per heavy atom. The number of hydrogen-bond donors (Lipinski definition) is 0. The zero-order valence-electron chi connectivity index (χ0n) is 24.3. The Morgan fingerprint density at radius 3 is 1.11 bits per heavy atom. The monoisotopic (exact) mass is 544 g/mol. The first-order valence-corrected chi connectivity index (χ1v) is 13.8. The van der Waals surface area contributed by atoms with Gasteiger partial charge in [-0.3, -0.25) is 0 Å². The molecule has 0 aromatic heterocycles. The maximum atomic E-state index is 11.6. The van der Waals surface area contributed by atoms with E-state index in [2.05, 4.69) is 76.2 Å². The number of rotatable bonds is 14. The number of hydrogen-bond acceptors (Lipinski definition) is 0. The van der Waals surface area contributed by atoms with E-state index >= 15 is 0 Å². The average Bonchev–Trinajstić information content (AvgIpc) is 3.14. The Hall–Kier alpha value is -1.99. The van der Waals surface area contributed by atoms with Crippen molar-refractivity contribution in [3.63, 3.8) is 0 Å². The summed E-state index contributed by atoms with van der Waals surface area (Å²) in [5, 5.41) is 0. The van der Waals surface area contributed by atoms with Crippen LogP contribution in [0.3, 0.4) is 0 Å². The van der Waals surface area contributed by atoms with Gasteiger partial charge in [0.25, 0.3) is 0 Å². The van der Waals surface area contributed by atoms with Crippen molar-refractivity contribution in [1.82, 2.24) is 0 Å². The van der Waals surface area contributed by atoms with E-state index in [0.717, 1.165) is 73.9 Å². The van der Waals surface area contributed by atoms with E-state index in [4.69, 9.17) is 0 Å². The molecular formula is C34H50N2Ni. The van der Waals surface area contributed by atoms with Gasteiger partial charge in [0.2, 0.25) is 11.4 Å². The fraction of sp³-hybridized carbons (Fsp3) is 0.471. The van der Waals surface area contributed by atoms with Crippen LogP contribution >= 0.6 is 0 Å². The van der Waals surface area contributed by atoms with Crippen molar-refractivity contribution in [2.45, 2.75) is 105 Å². The number of nitrogens with zero attached hydrogens (tertiary/aromatic N) is 2. The largest absolute Gasteiger partial charge is 2.00 e. The third kappa shape index (κ3) is 9.06. The van der Waals surface area contributed by atoms with Crippen LogP contribution < -0.4 is 0 Å². The van der Waals surface area contributed by atoms with Gasteiger partial charge in [-0.2, -0.15) is 0 Å². The molecule has 0 fully saturated rings. The molecule has 3 heteroatoms. The van der Waals surface area contributed by atoms with Crippen molar-refractivity contribution in [3.8, 4) is 0 Å². The third-order valence-corrected chi connectivity index (χ3v) is 7.01. The first kappa shape index (κ1) is 35.0. The Morgan fingerprint density at radius 1 is 0.514 bits per heavy atom. The molecule has 0 aliphatic carbocycles. The van der Waals surface area contributed by atoms with Gasteiger partial charge in [0.05, 0.1) is 0 Å². The maximum absolute atomic E-state index is 11.6. The smallest absolute Gasteiger partial charge is 0.493 e. The molecule has 206 valence electrons. The predicted molar refractivity (Wildman–Crippen MR) is 159 cm³/mol. The van der Waals surface area contributed by atoms with Crippen LogP contribution in [0.15, 0.2) is 59.7 Å². The molecule has 0 saturated heterocycles. The molecule has 3 rings (SSSR count). The van der Waals surface area contributed by atoms with Crippen LogP contribution in [0.25, 0.3) is 16.9 Å². The van der Waals surface area contributed by atoms with Crippen LogP contribution in [0.5, 0.6) is 0 Å². The fourth-order valence-corrected chi connectivity index (χ4v) is 4.91. The molecule has 1 aliphatic heterocycles. The molecule has 2 nitrogen and oxygen atoms in total. The summed E-state index contributed by atoms with van der Waals surface area (Å²) >= 11 is 0. The van der Waals surface area contributed by atoms with Crippen LogP contribution in [0.1, 0.15) is 114 Å². The molecule has 0 amide bonds. The van der Waals surface area contributed by atoms with Crippen LogP contribution in [0.4, 0.5) is 0 Å². The second kappa shape index (κ2) is 18.3. The summed E-state index contributed by atoms with van der Waals surface area (Å²) in [7, 11) is 0. The quantitative estimate of drug-likeness (QED) is 0.128. The Bertz CT molecular complexity index is 916. The van der Waals surface area contributed by atoms with E-state index in [9.17, 15) is 5.53 Å². The van der Waals surface area contributed by atoms with Crippen molar-refractivity contribution < 1.29 is 21.2 Å². The van der Waals surface area contributed by atoms with Crippen LogP contribution in [-0.4, -0.2) is 4.70 Å². The normalized spacial score (nSPS) is 12.8. The number of benzene rings is 2. The first-order chi connectivity index (χ1) is 16.6. The molecule has 0 radical (unpaired) electrons. The van der Waals surface area contributed by atoms with Crippen molar-refractivity contribution in [2.24, 2.45) is 0 Å². The van der Waals surface area contributed by atoms with Crippen LogP contribution in [0, 0.1) is 14.9 Å². The predicted octanol–water partition coefficient (Wildman–Crippen LogP) is 10.8. The van der Waals surface area contributed by atoms with Gasteiger partial charge in [-0.25, -0.2) is 4.70 Å². The van der Waals surface area contributed by atoms with Gasteiger partial charge in [0.1, 0.15) is 0 Å². The molecule has 0 atom stereocenters. The molecule has 1 aliphatic rings. The summed E-state index contributed by atoms with van der Waals surface area (Å²) in [6, 6.07) is 17.8. The van der Waals surface area contributed by atoms with E-state index < -0.39 is 0 Å². The van der Waals surface area contributed by atoms with Crippen LogP contribution in [0.2, 0.25) is 0 Å². The summed E-state index contributed by atoms with van der Waals surface area (Å²) in [5.74, 6) is 0. The van der Waals surface area contributed by atoms with E-state index in [-0.39, 0.29) is 31.3 Å². The minimum atomic E-state index is 0. The second-order valence-corrected chi connectivity index (χ2v) is 9.77. The van der Waals surface area contributed by atoms with Crippen molar-refractivity contribution in [1.29, 1.82) is 0 Å². The van der Waals surface area contributed by atoms with Crippen molar-refractivity contribution in [3.05, 3.63) is 102 Å². The standard InChI is InChI=1S/C32H44N2.2CH3.Ni/c1-5-9-13-25-17-21-27(22-18-25)31-29(15-11-7-3)30(16-12-8-4)32(34(31)33)28-23-19-26(20-24-28)14-10-6-2;;;/h17-24H,5-16H2,1-4H3;2*1H3;/q;2*-1;+2. The minimum absolute atomic E-state index is 0. The van der Waals surface area contributed by atoms with E-state index in [1.54, 1.807) is 0 Å². The van der Waals surface area contributed by atoms with E-state index in [1.807, 2.05) is 0 Å². The molecule has 1 heterocycles. The van der Waals surface area contributed by atoms with Crippen molar-refractivity contribution >= 4 is 11.4 Å². The summed E-state index contributed by atoms with van der Waals surface area (Å²) in [5.41, 5.74) is 21.3. The molecule has 0 unspecified atom stereocenters. The Kier molecular flexibility index (Phi) is 17.3. The molecule has 2 aromatic rings. The van der Waals surface area contributed by atoms with Gasteiger partial charge in [-0.15, -0.1) is 0 Å². The molecule has 37 heavy (non-hydrogen) atoms. The number of aryl methyl sites for hydroxylation is 2. The van der Waals surface area contributed by atoms with Gasteiger partial charge >= 0.3 is 16.5 Å². The van der Waals surface area contributed by atoms with E-state index in [1.165, 1.54) is 52.7 Å².